The van der Waals surface area contributed by atoms with Crippen LogP contribution in [0.1, 0.15) is 78.7 Å². The standard InChI is InChI=1S/C45H63N11O10S2/c1-24(2)19-32-42(64)51-30(38(47)60)13-9-10-17-56-22-29-16-18-67-37(29)45(56)68-23-34(44(66)50-26(4)40(62)53-33(43(65)54-32)20-28-11-7-6-8-12-28)55-41(63)31(14-15-35(46)58)52-39(61)25(3)49-36(59)21-48-27(5)57/h6-8,11-12,16,18,22,24-26,30-34H,9-10,13-15,17,19-21,23H2,1-5H3,(H2,46,58)(H2,47,60)(H,48,57)(H,49,59)(H,50,66)(H,51,64)(H,52,61)(H,53,62)(H,54,65)(H,55,63)/t25-,26-,30-,31-,32-,33-,34-/m0/s1. The van der Waals surface area contributed by atoms with Gasteiger partial charge in [0.15, 0.2) is 0 Å². The Morgan fingerprint density at radius 1 is 0.838 bits per heavy atom. The molecule has 1 aliphatic heterocycles. The zero-order chi connectivity index (χ0) is 50.1. The molecular weight excluding hydrogens is 919 g/mol. The second kappa shape index (κ2) is 26.2. The lowest BCUT2D eigenvalue weighted by atomic mass is 10.00. The SMILES string of the molecule is CC(=O)NCC(=O)N[C@@H](C)C(=O)N[C@@H](CCC(N)=O)C(=O)N[C@H]1CSc2c3sccc3cn2CCCC[C@@H](C(N)=O)NC(=O)[C@H](CC(C)C)NC(=O)[C@H](Cc2ccccc2)NC(=O)[C@H](C)NC1=O. The van der Waals surface area contributed by atoms with Gasteiger partial charge in [0.2, 0.25) is 59.1 Å². The zero-order valence-corrected chi connectivity index (χ0v) is 40.4. The summed E-state index contributed by atoms with van der Waals surface area (Å²) in [4.78, 5) is 132. The second-order valence-electron chi connectivity index (χ2n) is 17.1. The van der Waals surface area contributed by atoms with E-state index < -0.39 is 108 Å². The van der Waals surface area contributed by atoms with Crippen molar-refractivity contribution in [3.8, 4) is 0 Å². The third-order valence-electron chi connectivity index (χ3n) is 10.9. The third-order valence-corrected chi connectivity index (χ3v) is 13.1. The molecule has 12 N–H and O–H groups in total. The van der Waals surface area contributed by atoms with E-state index in [1.807, 2.05) is 36.1 Å². The van der Waals surface area contributed by atoms with E-state index in [1.54, 1.807) is 30.3 Å². The molecule has 0 spiro atoms. The molecule has 0 bridgehead atoms. The van der Waals surface area contributed by atoms with Crippen LogP contribution in [0, 0.1) is 5.92 Å². The normalized spacial score (nSPS) is 21.0. The van der Waals surface area contributed by atoms with Crippen molar-refractivity contribution in [1.29, 1.82) is 0 Å². The number of nitrogens with two attached hydrogens (primary N) is 2. The number of carbonyl (C=O) groups is 10. The highest BCUT2D eigenvalue weighted by atomic mass is 32.2. The molecule has 2 aromatic heterocycles. The average molecular weight is 982 g/mol. The van der Waals surface area contributed by atoms with Gasteiger partial charge in [0.1, 0.15) is 42.3 Å². The third kappa shape index (κ3) is 17.0. The molecular formula is C45H63N11O10S2. The second-order valence-corrected chi connectivity index (χ2v) is 19.0. The molecule has 3 heterocycles. The van der Waals surface area contributed by atoms with E-state index in [9.17, 15) is 47.9 Å². The summed E-state index contributed by atoms with van der Waals surface area (Å²) in [5, 5.41) is 24.4. The minimum absolute atomic E-state index is 0.00117. The van der Waals surface area contributed by atoms with Crippen LogP contribution in [0.15, 0.2) is 53.0 Å². The maximum Gasteiger partial charge on any atom is 0.244 e. The maximum atomic E-state index is 14.3. The van der Waals surface area contributed by atoms with Gasteiger partial charge in [-0.1, -0.05) is 44.2 Å². The number of carbonyl (C=O) groups excluding carboxylic acids is 10. The number of nitrogens with one attached hydrogen (secondary N) is 8. The molecule has 7 atom stereocenters. The van der Waals surface area contributed by atoms with Crippen molar-refractivity contribution in [3.63, 3.8) is 0 Å². The summed E-state index contributed by atoms with van der Waals surface area (Å²) in [6, 6.07) is 2.09. The predicted octanol–water partition coefficient (Wildman–Crippen LogP) is -0.412. The fourth-order valence-electron chi connectivity index (χ4n) is 7.20. The van der Waals surface area contributed by atoms with E-state index in [1.165, 1.54) is 43.9 Å². The lowest BCUT2D eigenvalue weighted by molar-refractivity contribution is -0.135. The molecule has 370 valence electrons. The first kappa shape index (κ1) is 54.1. The Hall–Kier alpha value is -6.49. The summed E-state index contributed by atoms with van der Waals surface area (Å²) in [6.07, 6.45) is 2.73. The van der Waals surface area contributed by atoms with E-state index in [2.05, 4.69) is 42.5 Å². The van der Waals surface area contributed by atoms with Crippen LogP contribution >= 0.6 is 23.1 Å². The molecule has 0 saturated heterocycles. The number of thioether (sulfide) groups is 1. The summed E-state index contributed by atoms with van der Waals surface area (Å²) in [7, 11) is 0. The molecule has 4 rings (SSSR count). The van der Waals surface area contributed by atoms with Gasteiger partial charge in [-0.2, -0.15) is 0 Å². The Morgan fingerprint density at radius 3 is 2.19 bits per heavy atom. The van der Waals surface area contributed by atoms with Crippen LogP contribution in [-0.4, -0.2) is 118 Å². The summed E-state index contributed by atoms with van der Waals surface area (Å²) < 4.78 is 2.88. The van der Waals surface area contributed by atoms with Gasteiger partial charge < -0.3 is 58.6 Å². The highest BCUT2D eigenvalue weighted by Gasteiger charge is 2.34. The lowest BCUT2D eigenvalue weighted by Gasteiger charge is -2.27. The fourth-order valence-corrected chi connectivity index (χ4v) is 9.46. The van der Waals surface area contributed by atoms with Crippen LogP contribution < -0.4 is 54.0 Å². The van der Waals surface area contributed by atoms with Crippen molar-refractivity contribution in [3.05, 3.63) is 53.5 Å². The first-order valence-electron chi connectivity index (χ1n) is 22.4. The van der Waals surface area contributed by atoms with Crippen molar-refractivity contribution in [1.82, 2.24) is 47.1 Å². The number of rotatable bonds is 15. The largest absolute Gasteiger partial charge is 0.370 e. The van der Waals surface area contributed by atoms with Gasteiger partial charge in [-0.15, -0.1) is 23.1 Å². The monoisotopic (exact) mass is 981 g/mol. The minimum atomic E-state index is -1.43. The molecule has 68 heavy (non-hydrogen) atoms. The number of hydrogen-bond donors (Lipinski definition) is 10. The van der Waals surface area contributed by atoms with Crippen molar-refractivity contribution < 1.29 is 47.9 Å². The Morgan fingerprint density at radius 2 is 1.53 bits per heavy atom. The number of amides is 10. The summed E-state index contributed by atoms with van der Waals surface area (Å²) in [5.74, 6) is -7.40. The summed E-state index contributed by atoms with van der Waals surface area (Å²) >= 11 is 2.71. The number of nitrogens with zero attached hydrogens (tertiary/aromatic N) is 1. The van der Waals surface area contributed by atoms with Gasteiger partial charge in [-0.05, 0) is 68.9 Å². The van der Waals surface area contributed by atoms with E-state index in [0.717, 1.165) is 15.1 Å². The van der Waals surface area contributed by atoms with Crippen molar-refractivity contribution in [2.45, 2.75) is 133 Å². The Kier molecular flexibility index (Phi) is 20.8. The highest BCUT2D eigenvalue weighted by molar-refractivity contribution is 7.99. The van der Waals surface area contributed by atoms with Gasteiger partial charge in [-0.3, -0.25) is 47.9 Å². The Bertz CT molecular complexity index is 2300. The number of benzene rings is 1. The van der Waals surface area contributed by atoms with Crippen LogP contribution in [0.2, 0.25) is 0 Å². The van der Waals surface area contributed by atoms with Crippen molar-refractivity contribution in [2.75, 3.05) is 12.3 Å². The lowest BCUT2D eigenvalue weighted by Crippen LogP contribution is -2.60. The molecule has 1 aromatic carbocycles. The van der Waals surface area contributed by atoms with E-state index in [4.69, 9.17) is 11.5 Å². The van der Waals surface area contributed by atoms with Crippen molar-refractivity contribution >= 4 is 92.3 Å². The smallest absolute Gasteiger partial charge is 0.244 e. The molecule has 0 unspecified atom stereocenters. The van der Waals surface area contributed by atoms with Gasteiger partial charge in [0.25, 0.3) is 0 Å². The van der Waals surface area contributed by atoms with Crippen LogP contribution in [0.3, 0.4) is 0 Å². The molecule has 21 nitrogen and oxygen atoms in total. The van der Waals surface area contributed by atoms with E-state index in [-0.39, 0.29) is 43.8 Å². The van der Waals surface area contributed by atoms with Crippen LogP contribution in [0.25, 0.3) is 10.1 Å². The zero-order valence-electron chi connectivity index (χ0n) is 38.8. The number of aryl methyl sites for hydroxylation is 1. The van der Waals surface area contributed by atoms with E-state index in [0.29, 0.717) is 24.9 Å². The first-order chi connectivity index (χ1) is 32.2. The van der Waals surface area contributed by atoms with E-state index >= 15 is 0 Å². The highest BCUT2D eigenvalue weighted by Crippen LogP contribution is 2.35. The van der Waals surface area contributed by atoms with Gasteiger partial charge >= 0.3 is 0 Å². The summed E-state index contributed by atoms with van der Waals surface area (Å²) in [6.45, 7) is 7.74. The van der Waals surface area contributed by atoms with Crippen LogP contribution in [-0.2, 0) is 60.9 Å². The minimum Gasteiger partial charge on any atom is -0.370 e. The predicted molar refractivity (Wildman–Crippen MR) is 255 cm³/mol. The van der Waals surface area contributed by atoms with Gasteiger partial charge in [-0.25, -0.2) is 0 Å². The molecule has 0 aliphatic carbocycles. The molecule has 23 heteroatoms. The number of aromatic nitrogens is 1. The van der Waals surface area contributed by atoms with Crippen molar-refractivity contribution in [2.24, 2.45) is 17.4 Å². The van der Waals surface area contributed by atoms with Gasteiger partial charge in [0.05, 0.1) is 16.3 Å². The molecule has 0 saturated carbocycles. The number of thiophene rings is 1. The number of primary amides is 2. The maximum absolute atomic E-state index is 14.3. The number of hydrogen-bond acceptors (Lipinski definition) is 12. The summed E-state index contributed by atoms with van der Waals surface area (Å²) in [5.41, 5.74) is 11.9. The Balaban J connectivity index is 1.69. The van der Waals surface area contributed by atoms with Gasteiger partial charge in [0, 0.05) is 43.6 Å². The first-order valence-corrected chi connectivity index (χ1v) is 24.3. The molecule has 10 amide bonds. The quantitative estimate of drug-likeness (QED) is 0.0934. The Labute approximate surface area is 402 Å². The molecule has 1 aliphatic rings. The molecule has 3 aromatic rings. The average Bonchev–Trinajstić information content (AvgIpc) is 3.87. The molecule has 0 radical (unpaired) electrons. The topological polar surface area (TPSA) is 324 Å². The van der Waals surface area contributed by atoms with Crippen LogP contribution in [0.5, 0.6) is 0 Å². The van der Waals surface area contributed by atoms with Crippen LogP contribution in [0.4, 0.5) is 0 Å². The fraction of sp³-hybridized carbons (Fsp3) is 0.511. The number of fused-ring (bicyclic) bond motifs is 3. The molecule has 0 fully saturated rings.